The predicted octanol–water partition coefficient (Wildman–Crippen LogP) is 1.40. The summed E-state index contributed by atoms with van der Waals surface area (Å²) >= 11 is 0. The Bertz CT molecular complexity index is 1210. The van der Waals surface area contributed by atoms with Crippen molar-refractivity contribution in [2.45, 2.75) is 87.5 Å². The topological polar surface area (TPSA) is 133 Å². The van der Waals surface area contributed by atoms with Crippen LogP contribution in [0.4, 0.5) is 0 Å². The fraction of sp³-hybridized carbons (Fsp3) is 0.655. The number of hydrogen-bond donors (Lipinski definition) is 2. The van der Waals surface area contributed by atoms with E-state index >= 15 is 0 Å². The van der Waals surface area contributed by atoms with Gasteiger partial charge in [-0.05, 0) is 31.4 Å². The van der Waals surface area contributed by atoms with Gasteiger partial charge in [-0.3, -0.25) is 0 Å². The average molecular weight is 543 g/mol. The molecule has 0 aromatic heterocycles. The van der Waals surface area contributed by atoms with Crippen molar-refractivity contribution in [3.8, 4) is 0 Å². The minimum atomic E-state index is -1.45. The molecule has 10 heteroatoms. The molecule has 0 radical (unpaired) electrons. The molecule has 2 N–H and O–H groups in total. The van der Waals surface area contributed by atoms with Crippen molar-refractivity contribution in [2.75, 3.05) is 19.8 Å². The summed E-state index contributed by atoms with van der Waals surface area (Å²) in [6, 6.07) is 0. The Kier molecular flexibility index (Phi) is 5.64. The maximum absolute atomic E-state index is 13.2. The maximum atomic E-state index is 13.2. The van der Waals surface area contributed by atoms with E-state index in [4.69, 9.17) is 28.4 Å². The standard InChI is InChI=1S/C29H34O10/c1-16-6-8-27-14-34-23(31)11-17-10-20-28(35-13-17,24(32)25(33)39-20)7-4-3-5-22(30)38-18-12-21(37-19(27)9-16)29(15-36-29)26(18,27)2/h3-5,7,9,11,18-21,24-25,32-33H,6,8,10,12-15H2,1-2H3/b5-3+,7-4+,17-11-/t18-,19-,20+,21-,24+,25+,26-,27-,28-,29+/m1/s1. The lowest BCUT2D eigenvalue weighted by Gasteiger charge is -2.58. The van der Waals surface area contributed by atoms with Gasteiger partial charge in [0, 0.05) is 30.4 Å². The molecule has 1 saturated carbocycles. The number of fused-ring (bicyclic) bond motifs is 7. The largest absolute Gasteiger partial charge is 0.462 e. The molecular weight excluding hydrogens is 508 g/mol. The van der Waals surface area contributed by atoms with E-state index in [1.54, 1.807) is 12.2 Å². The van der Waals surface area contributed by atoms with E-state index in [1.807, 2.05) is 0 Å². The third kappa shape index (κ3) is 3.42. The Labute approximate surface area is 226 Å². The number of allylic oxidation sites excluding steroid dienone is 3. The summed E-state index contributed by atoms with van der Waals surface area (Å²) in [5.74, 6) is -1.04. The first-order valence-corrected chi connectivity index (χ1v) is 13.7. The molecule has 6 aliphatic heterocycles. The van der Waals surface area contributed by atoms with Crippen LogP contribution in [0.3, 0.4) is 0 Å². The number of esters is 2. The van der Waals surface area contributed by atoms with Crippen molar-refractivity contribution >= 4 is 11.9 Å². The molecule has 10 nitrogen and oxygen atoms in total. The lowest BCUT2D eigenvalue weighted by atomic mass is 9.51. The van der Waals surface area contributed by atoms with Crippen LogP contribution < -0.4 is 0 Å². The molecule has 39 heavy (non-hydrogen) atoms. The summed E-state index contributed by atoms with van der Waals surface area (Å²) < 4.78 is 36.4. The van der Waals surface area contributed by atoms with Crippen LogP contribution in [0.1, 0.15) is 39.5 Å². The lowest BCUT2D eigenvalue weighted by molar-refractivity contribution is -0.232. The number of aliphatic hydroxyl groups is 2. The molecule has 10 atom stereocenters. The molecule has 0 aromatic carbocycles. The van der Waals surface area contributed by atoms with Gasteiger partial charge in [0.1, 0.15) is 30.0 Å². The summed E-state index contributed by atoms with van der Waals surface area (Å²) in [6.07, 6.45) is 7.25. The van der Waals surface area contributed by atoms with E-state index in [2.05, 4.69) is 19.9 Å². The van der Waals surface area contributed by atoms with Crippen LogP contribution in [0.15, 0.2) is 47.6 Å². The third-order valence-corrected chi connectivity index (χ3v) is 10.5. The van der Waals surface area contributed by atoms with Gasteiger partial charge in [0.25, 0.3) is 0 Å². The monoisotopic (exact) mass is 542 g/mol. The van der Waals surface area contributed by atoms with Crippen LogP contribution in [-0.4, -0.2) is 90.0 Å². The minimum Gasteiger partial charge on any atom is -0.462 e. The van der Waals surface area contributed by atoms with Crippen LogP contribution in [0.5, 0.6) is 0 Å². The molecule has 6 heterocycles. The highest BCUT2D eigenvalue weighted by atomic mass is 16.7. The highest BCUT2D eigenvalue weighted by Gasteiger charge is 2.83. The van der Waals surface area contributed by atoms with Gasteiger partial charge in [-0.25, -0.2) is 9.59 Å². The second-order valence-corrected chi connectivity index (χ2v) is 12.2. The number of aliphatic hydroxyl groups excluding tert-OH is 2. The van der Waals surface area contributed by atoms with Gasteiger partial charge in [0.05, 0.1) is 36.9 Å². The Balaban J connectivity index is 1.29. The highest BCUT2D eigenvalue weighted by molar-refractivity contribution is 5.83. The number of hydrogen-bond acceptors (Lipinski definition) is 10. The number of carbonyl (C=O) groups is 2. The lowest BCUT2D eigenvalue weighted by Crippen LogP contribution is -2.66. The van der Waals surface area contributed by atoms with E-state index in [0.717, 1.165) is 6.42 Å². The summed E-state index contributed by atoms with van der Waals surface area (Å²) in [6.45, 7) is 4.81. The van der Waals surface area contributed by atoms with Gasteiger partial charge in [-0.1, -0.05) is 30.7 Å². The number of ether oxygens (including phenoxy) is 6. The zero-order valence-corrected chi connectivity index (χ0v) is 22.0. The van der Waals surface area contributed by atoms with Crippen molar-refractivity contribution in [2.24, 2.45) is 10.8 Å². The van der Waals surface area contributed by atoms with Gasteiger partial charge in [0.2, 0.25) is 0 Å². The van der Waals surface area contributed by atoms with E-state index in [1.165, 1.54) is 23.8 Å². The molecule has 3 spiro atoms. The van der Waals surface area contributed by atoms with Gasteiger partial charge < -0.3 is 38.6 Å². The van der Waals surface area contributed by atoms with Gasteiger partial charge in [-0.2, -0.15) is 0 Å². The quantitative estimate of drug-likeness (QED) is 0.263. The van der Waals surface area contributed by atoms with Crippen molar-refractivity contribution < 1.29 is 48.2 Å². The molecule has 4 bridgehead atoms. The molecule has 2 aliphatic carbocycles. The van der Waals surface area contributed by atoms with Crippen molar-refractivity contribution in [1.29, 1.82) is 0 Å². The van der Waals surface area contributed by atoms with Gasteiger partial charge in [-0.15, -0.1) is 0 Å². The highest BCUT2D eigenvalue weighted by Crippen LogP contribution is 2.72. The van der Waals surface area contributed by atoms with Crippen LogP contribution in [0.25, 0.3) is 0 Å². The molecule has 5 fully saturated rings. The van der Waals surface area contributed by atoms with Crippen molar-refractivity contribution in [3.05, 3.63) is 47.6 Å². The predicted molar refractivity (Wildman–Crippen MR) is 133 cm³/mol. The molecule has 0 amide bonds. The summed E-state index contributed by atoms with van der Waals surface area (Å²) in [5, 5.41) is 20.9. The van der Waals surface area contributed by atoms with E-state index in [0.29, 0.717) is 25.0 Å². The van der Waals surface area contributed by atoms with Crippen LogP contribution in [-0.2, 0) is 38.0 Å². The Morgan fingerprint density at radius 3 is 2.62 bits per heavy atom. The molecular formula is C29H34O10. The SMILES string of the molecule is CC1=C[C@H]2O[C@@H]3C[C@H]4OC(=O)/C=C/C=C/[C@@]56OC/C(=C\C(=O)OC[C@@]2(CC1)[C@]4(C)[C@]31CO1)C[C@@H]5O[C@H](O)[C@@H]6O. The Morgan fingerprint density at radius 2 is 1.82 bits per heavy atom. The van der Waals surface area contributed by atoms with Gasteiger partial charge >= 0.3 is 11.9 Å². The zero-order chi connectivity index (χ0) is 27.2. The number of rotatable bonds is 0. The Hall–Kier alpha value is -2.34. The van der Waals surface area contributed by atoms with Crippen LogP contribution in [0.2, 0.25) is 0 Å². The maximum Gasteiger partial charge on any atom is 0.331 e. The fourth-order valence-corrected chi connectivity index (χ4v) is 8.08. The molecule has 4 saturated heterocycles. The molecule has 0 unspecified atom stereocenters. The van der Waals surface area contributed by atoms with E-state index in [9.17, 15) is 19.8 Å². The van der Waals surface area contributed by atoms with Crippen molar-refractivity contribution in [1.82, 2.24) is 0 Å². The first-order chi connectivity index (χ1) is 18.6. The summed E-state index contributed by atoms with van der Waals surface area (Å²) in [4.78, 5) is 26.2. The minimum absolute atomic E-state index is 0.0477. The number of epoxide rings is 1. The zero-order valence-electron chi connectivity index (χ0n) is 22.0. The second kappa shape index (κ2) is 8.58. The molecule has 8 rings (SSSR count). The molecule has 210 valence electrons. The van der Waals surface area contributed by atoms with Crippen LogP contribution in [0, 0.1) is 10.8 Å². The van der Waals surface area contributed by atoms with E-state index < -0.39 is 58.6 Å². The third-order valence-electron chi connectivity index (χ3n) is 10.5. The first kappa shape index (κ1) is 25.6. The summed E-state index contributed by atoms with van der Waals surface area (Å²) in [7, 11) is 0. The molecule has 0 aromatic rings. The second-order valence-electron chi connectivity index (χ2n) is 12.2. The number of carbonyl (C=O) groups excluding carboxylic acids is 2. The van der Waals surface area contributed by atoms with E-state index in [-0.39, 0.29) is 31.8 Å². The fourth-order valence-electron chi connectivity index (χ4n) is 8.08. The first-order valence-electron chi connectivity index (χ1n) is 13.7. The summed E-state index contributed by atoms with van der Waals surface area (Å²) in [5.41, 5.74) is -1.37. The molecule has 8 aliphatic rings. The Morgan fingerprint density at radius 1 is 1.00 bits per heavy atom. The normalized spacial score (nSPS) is 53.4. The van der Waals surface area contributed by atoms with Crippen molar-refractivity contribution in [3.63, 3.8) is 0 Å². The smallest absolute Gasteiger partial charge is 0.331 e. The van der Waals surface area contributed by atoms with Gasteiger partial charge in [0.15, 0.2) is 6.29 Å². The van der Waals surface area contributed by atoms with Crippen LogP contribution >= 0.6 is 0 Å². The average Bonchev–Trinajstić information content (AvgIpc) is 3.64.